The number of hydrogen-bond acceptors (Lipinski definition) is 6. The Morgan fingerprint density at radius 3 is 1.50 bits per heavy atom. The second kappa shape index (κ2) is 38.0. The van der Waals surface area contributed by atoms with Gasteiger partial charge in [0, 0.05) is 12.8 Å². The molecular weight excluding hydrogens is 673 g/mol. The Morgan fingerprint density at radius 1 is 0.556 bits per heavy atom. The molecule has 0 aromatic carbocycles. The molecule has 3 unspecified atom stereocenters. The molecule has 1 aliphatic heterocycles. The average Bonchev–Trinajstić information content (AvgIpc) is 3.93. The Bertz CT molecular complexity index is 941. The molecule has 1 heterocycles. The van der Waals surface area contributed by atoms with Crippen LogP contribution in [0.5, 0.6) is 0 Å². The molecule has 0 aromatic rings. The van der Waals surface area contributed by atoms with Crippen molar-refractivity contribution in [2.24, 2.45) is 5.92 Å². The van der Waals surface area contributed by atoms with Gasteiger partial charge in [-0.25, -0.2) is 0 Å². The van der Waals surface area contributed by atoms with Gasteiger partial charge in [0.2, 0.25) is 0 Å². The average molecular weight is 759 g/mol. The van der Waals surface area contributed by atoms with Crippen LogP contribution in [0.2, 0.25) is 0 Å². The van der Waals surface area contributed by atoms with Crippen LogP contribution in [0.15, 0.2) is 36.5 Å². The summed E-state index contributed by atoms with van der Waals surface area (Å²) in [7, 11) is 0. The normalized spacial score (nSPS) is 16.8. The highest BCUT2D eigenvalue weighted by Crippen LogP contribution is 2.29. The van der Waals surface area contributed by atoms with E-state index in [-0.39, 0.29) is 25.2 Å². The van der Waals surface area contributed by atoms with Crippen molar-refractivity contribution in [2.45, 2.75) is 238 Å². The molecule has 1 saturated heterocycles. The second-order valence-corrected chi connectivity index (χ2v) is 16.2. The van der Waals surface area contributed by atoms with Crippen LogP contribution in [0.25, 0.3) is 0 Å². The van der Waals surface area contributed by atoms with Gasteiger partial charge in [-0.15, -0.1) is 0 Å². The van der Waals surface area contributed by atoms with Gasteiger partial charge in [0.05, 0.1) is 12.2 Å². The minimum absolute atomic E-state index is 0.134. The molecule has 1 aliphatic rings. The fraction of sp³-hybridized carbons (Fsp3) is 0.833. The van der Waals surface area contributed by atoms with Gasteiger partial charge in [-0.1, -0.05) is 192 Å². The number of unbranched alkanes of at least 4 members (excludes halogenated alkanes) is 21. The van der Waals surface area contributed by atoms with Crippen molar-refractivity contribution in [1.29, 1.82) is 0 Å². The number of rotatable bonds is 40. The third kappa shape index (κ3) is 34.6. The molecule has 0 saturated carbocycles. The largest absolute Gasteiger partial charge is 0.463 e. The lowest BCUT2D eigenvalue weighted by atomic mass is 9.99. The van der Waals surface area contributed by atoms with Crippen molar-refractivity contribution < 1.29 is 28.9 Å². The maximum atomic E-state index is 12.0. The smallest absolute Gasteiger partial charge is 0.305 e. The topological polar surface area (TPSA) is 85.4 Å². The van der Waals surface area contributed by atoms with Gasteiger partial charge in [-0.05, 0) is 57.3 Å². The summed E-state index contributed by atoms with van der Waals surface area (Å²) in [5.41, 5.74) is 0. The van der Waals surface area contributed by atoms with Crippen LogP contribution in [0, 0.1) is 5.92 Å². The molecule has 0 radical (unpaired) electrons. The summed E-state index contributed by atoms with van der Waals surface area (Å²) in [5, 5.41) is 10.1. The van der Waals surface area contributed by atoms with E-state index in [1.807, 2.05) is 0 Å². The molecule has 0 aliphatic carbocycles. The number of aliphatic hydroxyl groups excluding tert-OH is 1. The van der Waals surface area contributed by atoms with E-state index in [0.717, 1.165) is 50.9 Å². The van der Waals surface area contributed by atoms with E-state index in [9.17, 15) is 14.7 Å². The van der Waals surface area contributed by atoms with Crippen molar-refractivity contribution in [3.05, 3.63) is 36.5 Å². The summed E-state index contributed by atoms with van der Waals surface area (Å²) < 4.78 is 16.1. The van der Waals surface area contributed by atoms with E-state index < -0.39 is 6.10 Å². The summed E-state index contributed by atoms with van der Waals surface area (Å²) in [6, 6.07) is 0. The van der Waals surface area contributed by atoms with Crippen molar-refractivity contribution >= 4 is 11.9 Å². The van der Waals surface area contributed by atoms with Crippen molar-refractivity contribution in [2.75, 3.05) is 13.2 Å². The van der Waals surface area contributed by atoms with Crippen LogP contribution in [-0.2, 0) is 23.8 Å². The molecule has 0 spiro atoms. The van der Waals surface area contributed by atoms with Crippen molar-refractivity contribution in [3.63, 3.8) is 0 Å². The lowest BCUT2D eigenvalue weighted by Gasteiger charge is -2.12. The first-order chi connectivity index (χ1) is 26.5. The number of carbonyl (C=O) groups excluding carboxylic acids is 2. The van der Waals surface area contributed by atoms with Gasteiger partial charge in [0.15, 0.2) is 0 Å². The zero-order valence-corrected chi connectivity index (χ0v) is 35.6. The van der Waals surface area contributed by atoms with Crippen LogP contribution in [0.1, 0.15) is 220 Å². The molecule has 4 atom stereocenters. The zero-order valence-electron chi connectivity index (χ0n) is 35.6. The van der Waals surface area contributed by atoms with Crippen LogP contribution in [0.3, 0.4) is 0 Å². The van der Waals surface area contributed by atoms with Gasteiger partial charge in [0.25, 0.3) is 0 Å². The number of esters is 2. The van der Waals surface area contributed by atoms with Crippen LogP contribution in [-0.4, -0.2) is 48.6 Å². The minimum Gasteiger partial charge on any atom is -0.463 e. The van der Waals surface area contributed by atoms with Crippen molar-refractivity contribution in [1.82, 2.24) is 0 Å². The van der Waals surface area contributed by atoms with E-state index in [1.165, 1.54) is 135 Å². The first-order valence-electron chi connectivity index (χ1n) is 23.1. The van der Waals surface area contributed by atoms with Gasteiger partial charge in [-0.2, -0.15) is 0 Å². The number of allylic oxidation sites excluding steroid dienone is 4. The summed E-state index contributed by atoms with van der Waals surface area (Å²) in [4.78, 5) is 24.0. The number of carbonyl (C=O) groups is 2. The summed E-state index contributed by atoms with van der Waals surface area (Å²) in [6.45, 7) is 6.64. The second-order valence-electron chi connectivity index (χ2n) is 16.2. The monoisotopic (exact) mass is 759 g/mol. The van der Waals surface area contributed by atoms with Crippen molar-refractivity contribution in [3.8, 4) is 0 Å². The van der Waals surface area contributed by atoms with Gasteiger partial charge in [-0.3, -0.25) is 9.59 Å². The lowest BCUT2D eigenvalue weighted by molar-refractivity contribution is -0.152. The number of hydrogen-bond donors (Lipinski definition) is 1. The minimum atomic E-state index is -0.989. The summed E-state index contributed by atoms with van der Waals surface area (Å²) in [5.74, 6) is 0.285. The Hall–Kier alpha value is -1.92. The number of epoxide rings is 1. The molecule has 54 heavy (non-hydrogen) atoms. The van der Waals surface area contributed by atoms with Crippen LogP contribution >= 0.6 is 0 Å². The summed E-state index contributed by atoms with van der Waals surface area (Å²) >= 11 is 0. The molecule has 6 nitrogen and oxygen atoms in total. The number of aliphatic hydroxyl groups is 1. The van der Waals surface area contributed by atoms with E-state index in [0.29, 0.717) is 31.5 Å². The third-order valence-corrected chi connectivity index (χ3v) is 10.8. The van der Waals surface area contributed by atoms with Gasteiger partial charge >= 0.3 is 11.9 Å². The van der Waals surface area contributed by atoms with E-state index in [1.54, 1.807) is 0 Å². The first kappa shape index (κ1) is 50.1. The highest BCUT2D eigenvalue weighted by atomic mass is 16.6. The molecule has 6 heteroatoms. The molecule has 1 rings (SSSR count). The quantitative estimate of drug-likeness (QED) is 0.0290. The maximum absolute atomic E-state index is 12.0. The van der Waals surface area contributed by atoms with Gasteiger partial charge in [0.1, 0.15) is 19.3 Å². The zero-order chi connectivity index (χ0) is 39.2. The first-order valence-corrected chi connectivity index (χ1v) is 23.1. The fourth-order valence-electron chi connectivity index (χ4n) is 6.80. The summed E-state index contributed by atoms with van der Waals surface area (Å²) in [6.07, 6.45) is 49.6. The predicted molar refractivity (Wildman–Crippen MR) is 228 cm³/mol. The van der Waals surface area contributed by atoms with E-state index in [2.05, 4.69) is 57.2 Å². The molecule has 0 aromatic heterocycles. The molecule has 0 amide bonds. The lowest BCUT2D eigenvalue weighted by Crippen LogP contribution is -2.25. The SMILES string of the molecule is CCCCC/C=C\CC1OC1C/C=C\C/C=C\CCCC(=O)OC[C@@H](O)COC(=O)CCCCCCCCCCCCCCCCCCCCC(C)CC. The molecule has 1 N–H and O–H groups in total. The Morgan fingerprint density at radius 2 is 0.981 bits per heavy atom. The Balaban J connectivity index is 1.81. The maximum Gasteiger partial charge on any atom is 0.305 e. The Kier molecular flexibility index (Phi) is 35.2. The standard InChI is InChI=1S/C48H86O6/c1-4-6-7-8-27-32-37-45-46(54-45)38-33-28-23-21-25-30-35-40-48(51)53-42-44(49)41-52-47(50)39-34-29-24-20-18-16-14-12-10-9-11-13-15-17-19-22-26-31-36-43(3)5-2/h21,25,27-28,32-33,43-46,49H,4-20,22-24,26,29-31,34-42H2,1-3H3/b25-21-,32-27-,33-28-/t43?,44-,45?,46?/m0/s1. The van der Waals surface area contributed by atoms with Crippen LogP contribution < -0.4 is 0 Å². The van der Waals surface area contributed by atoms with Crippen LogP contribution in [0.4, 0.5) is 0 Å². The van der Waals surface area contributed by atoms with E-state index >= 15 is 0 Å². The molecular formula is C48H86O6. The molecule has 314 valence electrons. The van der Waals surface area contributed by atoms with E-state index in [4.69, 9.17) is 14.2 Å². The van der Waals surface area contributed by atoms with Gasteiger partial charge < -0.3 is 19.3 Å². The highest BCUT2D eigenvalue weighted by molar-refractivity contribution is 5.69. The number of ether oxygens (including phenoxy) is 3. The predicted octanol–water partition coefficient (Wildman–Crippen LogP) is 13.6. The third-order valence-electron chi connectivity index (χ3n) is 10.8. The Labute approximate surface area is 333 Å². The molecule has 0 bridgehead atoms. The highest BCUT2D eigenvalue weighted by Gasteiger charge is 2.35. The fourth-order valence-corrected chi connectivity index (χ4v) is 6.80. The molecule has 1 fully saturated rings.